The van der Waals surface area contributed by atoms with Crippen LogP contribution in [0, 0.1) is 11.8 Å². The van der Waals surface area contributed by atoms with E-state index in [1.807, 2.05) is 6.07 Å². The number of hydrogen-bond donors (Lipinski definition) is 1. The van der Waals surface area contributed by atoms with Gasteiger partial charge in [0.05, 0.1) is 6.10 Å². The molecule has 1 aliphatic carbocycles. The Morgan fingerprint density at radius 3 is 2.16 bits per heavy atom. The van der Waals surface area contributed by atoms with E-state index in [0.29, 0.717) is 11.8 Å². The molecule has 0 amide bonds. The highest BCUT2D eigenvalue weighted by Gasteiger charge is 2.39. The van der Waals surface area contributed by atoms with Gasteiger partial charge in [0.15, 0.2) is 0 Å². The predicted octanol–water partition coefficient (Wildman–Crippen LogP) is 3.97. The van der Waals surface area contributed by atoms with Gasteiger partial charge in [-0.05, 0) is 41.4 Å². The lowest BCUT2D eigenvalue weighted by molar-refractivity contribution is 0.148. The highest BCUT2D eigenvalue weighted by Crippen LogP contribution is 2.46. The SMILES string of the molecule is CC1CC1C(O)c1ccc(Cc2ccccc2)cc1. The Hall–Kier alpha value is -1.60. The molecule has 2 aromatic rings. The van der Waals surface area contributed by atoms with Gasteiger partial charge in [0.2, 0.25) is 0 Å². The molecular formula is C18H20O. The van der Waals surface area contributed by atoms with Crippen molar-refractivity contribution in [3.05, 3.63) is 71.3 Å². The highest BCUT2D eigenvalue weighted by atomic mass is 16.3. The van der Waals surface area contributed by atoms with Crippen LogP contribution >= 0.6 is 0 Å². The van der Waals surface area contributed by atoms with Crippen molar-refractivity contribution >= 4 is 0 Å². The van der Waals surface area contributed by atoms with Crippen LogP contribution in [0.2, 0.25) is 0 Å². The quantitative estimate of drug-likeness (QED) is 0.873. The molecule has 1 heteroatoms. The summed E-state index contributed by atoms with van der Waals surface area (Å²) < 4.78 is 0. The van der Waals surface area contributed by atoms with Crippen LogP contribution in [0.25, 0.3) is 0 Å². The van der Waals surface area contributed by atoms with Crippen LogP contribution in [0.15, 0.2) is 54.6 Å². The molecule has 1 aliphatic rings. The third-order valence-corrected chi connectivity index (χ3v) is 4.15. The first-order chi connectivity index (χ1) is 9.24. The van der Waals surface area contributed by atoms with Gasteiger partial charge < -0.3 is 5.11 Å². The molecule has 0 radical (unpaired) electrons. The van der Waals surface area contributed by atoms with Crippen molar-refractivity contribution in [1.29, 1.82) is 0 Å². The van der Waals surface area contributed by atoms with Gasteiger partial charge in [0, 0.05) is 0 Å². The van der Waals surface area contributed by atoms with Crippen molar-refractivity contribution in [2.24, 2.45) is 11.8 Å². The van der Waals surface area contributed by atoms with Gasteiger partial charge >= 0.3 is 0 Å². The summed E-state index contributed by atoms with van der Waals surface area (Å²) in [6.07, 6.45) is 1.84. The van der Waals surface area contributed by atoms with E-state index in [0.717, 1.165) is 18.4 Å². The maximum absolute atomic E-state index is 10.2. The first-order valence-electron chi connectivity index (χ1n) is 7.05. The van der Waals surface area contributed by atoms with E-state index in [1.54, 1.807) is 0 Å². The molecule has 3 rings (SSSR count). The molecule has 0 saturated heterocycles. The molecule has 3 atom stereocenters. The van der Waals surface area contributed by atoms with Gasteiger partial charge in [-0.1, -0.05) is 61.5 Å². The van der Waals surface area contributed by atoms with Crippen molar-refractivity contribution < 1.29 is 5.11 Å². The Morgan fingerprint density at radius 2 is 1.58 bits per heavy atom. The minimum atomic E-state index is -0.277. The van der Waals surface area contributed by atoms with Crippen molar-refractivity contribution in [3.8, 4) is 0 Å². The molecule has 0 heterocycles. The highest BCUT2D eigenvalue weighted by molar-refractivity contribution is 5.30. The van der Waals surface area contributed by atoms with E-state index < -0.39 is 0 Å². The number of rotatable bonds is 4. The second-order valence-corrected chi connectivity index (χ2v) is 5.73. The lowest BCUT2D eigenvalue weighted by Crippen LogP contribution is -2.01. The lowest BCUT2D eigenvalue weighted by atomic mass is 9.99. The van der Waals surface area contributed by atoms with Crippen molar-refractivity contribution in [2.45, 2.75) is 25.9 Å². The maximum Gasteiger partial charge on any atom is 0.0820 e. The molecule has 0 spiro atoms. The fourth-order valence-corrected chi connectivity index (χ4v) is 2.70. The fraction of sp³-hybridized carbons (Fsp3) is 0.333. The summed E-state index contributed by atoms with van der Waals surface area (Å²) in [5, 5.41) is 10.2. The van der Waals surface area contributed by atoms with Gasteiger partial charge in [0.25, 0.3) is 0 Å². The Bertz CT molecular complexity index is 529. The molecule has 1 N–H and O–H groups in total. The van der Waals surface area contributed by atoms with E-state index in [9.17, 15) is 5.11 Å². The molecule has 0 aromatic heterocycles. The minimum Gasteiger partial charge on any atom is -0.388 e. The van der Waals surface area contributed by atoms with E-state index >= 15 is 0 Å². The predicted molar refractivity (Wildman–Crippen MR) is 77.9 cm³/mol. The Balaban J connectivity index is 1.69. The largest absolute Gasteiger partial charge is 0.388 e. The van der Waals surface area contributed by atoms with Crippen LogP contribution in [0.3, 0.4) is 0 Å². The van der Waals surface area contributed by atoms with Gasteiger partial charge in [0.1, 0.15) is 0 Å². The maximum atomic E-state index is 10.2. The molecule has 98 valence electrons. The topological polar surface area (TPSA) is 20.2 Å². The Labute approximate surface area is 114 Å². The number of benzene rings is 2. The zero-order valence-corrected chi connectivity index (χ0v) is 11.3. The summed E-state index contributed by atoms with van der Waals surface area (Å²) >= 11 is 0. The molecule has 0 aliphatic heterocycles. The summed E-state index contributed by atoms with van der Waals surface area (Å²) in [4.78, 5) is 0. The molecular weight excluding hydrogens is 232 g/mol. The Kier molecular flexibility index (Phi) is 3.39. The first-order valence-corrected chi connectivity index (χ1v) is 7.05. The summed E-state index contributed by atoms with van der Waals surface area (Å²) in [6, 6.07) is 18.9. The molecule has 19 heavy (non-hydrogen) atoms. The van der Waals surface area contributed by atoms with E-state index in [1.165, 1.54) is 11.1 Å². The third-order valence-electron chi connectivity index (χ3n) is 4.15. The summed E-state index contributed by atoms with van der Waals surface area (Å²) in [5.41, 5.74) is 3.68. The van der Waals surface area contributed by atoms with Gasteiger partial charge in [-0.3, -0.25) is 0 Å². The molecule has 1 fully saturated rings. The average molecular weight is 252 g/mol. The normalized spacial score (nSPS) is 23.1. The second-order valence-electron chi connectivity index (χ2n) is 5.73. The fourth-order valence-electron chi connectivity index (χ4n) is 2.70. The van der Waals surface area contributed by atoms with E-state index in [4.69, 9.17) is 0 Å². The first kappa shape index (κ1) is 12.4. The van der Waals surface area contributed by atoms with Crippen molar-refractivity contribution in [2.75, 3.05) is 0 Å². The van der Waals surface area contributed by atoms with Crippen LogP contribution in [-0.2, 0) is 6.42 Å². The van der Waals surface area contributed by atoms with Crippen LogP contribution in [0.4, 0.5) is 0 Å². The van der Waals surface area contributed by atoms with E-state index in [2.05, 4.69) is 55.5 Å². The Morgan fingerprint density at radius 1 is 1.00 bits per heavy atom. The molecule has 1 nitrogen and oxygen atoms in total. The molecule has 1 saturated carbocycles. The van der Waals surface area contributed by atoms with Crippen molar-refractivity contribution in [1.82, 2.24) is 0 Å². The van der Waals surface area contributed by atoms with Gasteiger partial charge in [-0.15, -0.1) is 0 Å². The third kappa shape index (κ3) is 2.87. The average Bonchev–Trinajstić information content (AvgIpc) is 3.17. The van der Waals surface area contributed by atoms with Crippen molar-refractivity contribution in [3.63, 3.8) is 0 Å². The summed E-state index contributed by atoms with van der Waals surface area (Å²) in [6.45, 7) is 2.21. The minimum absolute atomic E-state index is 0.277. The second kappa shape index (κ2) is 5.18. The van der Waals surface area contributed by atoms with Gasteiger partial charge in [-0.25, -0.2) is 0 Å². The number of aliphatic hydroxyl groups is 1. The summed E-state index contributed by atoms with van der Waals surface area (Å²) in [7, 11) is 0. The zero-order chi connectivity index (χ0) is 13.2. The van der Waals surface area contributed by atoms with Crippen LogP contribution in [0.5, 0.6) is 0 Å². The lowest BCUT2D eigenvalue weighted by Gasteiger charge is -2.11. The monoisotopic (exact) mass is 252 g/mol. The standard InChI is InChI=1S/C18H20O/c1-13-11-17(13)18(19)16-9-7-15(8-10-16)12-14-5-3-2-4-6-14/h2-10,13,17-19H,11-12H2,1H3. The number of hydrogen-bond acceptors (Lipinski definition) is 1. The number of aliphatic hydroxyl groups excluding tert-OH is 1. The van der Waals surface area contributed by atoms with Crippen LogP contribution in [0.1, 0.15) is 36.1 Å². The molecule has 0 bridgehead atoms. The smallest absolute Gasteiger partial charge is 0.0820 e. The van der Waals surface area contributed by atoms with E-state index in [-0.39, 0.29) is 6.10 Å². The molecule has 2 aromatic carbocycles. The molecule has 3 unspecified atom stereocenters. The summed E-state index contributed by atoms with van der Waals surface area (Å²) in [5.74, 6) is 1.15. The zero-order valence-electron chi connectivity index (χ0n) is 11.3. The van der Waals surface area contributed by atoms with Crippen LogP contribution < -0.4 is 0 Å². The van der Waals surface area contributed by atoms with Gasteiger partial charge in [-0.2, -0.15) is 0 Å². The van der Waals surface area contributed by atoms with Crippen LogP contribution in [-0.4, -0.2) is 5.11 Å².